The molecule has 0 radical (unpaired) electrons. The number of nitrogens with two attached hydrogens (primary N) is 1. The Bertz CT molecular complexity index is 916. The summed E-state index contributed by atoms with van der Waals surface area (Å²) in [7, 11) is 3.09. The number of aryl methyl sites for hydroxylation is 1. The first-order valence-electron chi connectivity index (χ1n) is 6.14. The van der Waals surface area contributed by atoms with Gasteiger partial charge < -0.3 is 5.84 Å². The van der Waals surface area contributed by atoms with Crippen molar-refractivity contribution in [2.24, 2.45) is 14.1 Å². The van der Waals surface area contributed by atoms with Crippen LogP contribution in [0.4, 0.5) is 0 Å². The van der Waals surface area contributed by atoms with Crippen LogP contribution in [0.3, 0.4) is 0 Å². The molecule has 20 heavy (non-hydrogen) atoms. The summed E-state index contributed by atoms with van der Waals surface area (Å²) in [5.74, 6) is 5.98. The predicted octanol–water partition coefficient (Wildman–Crippen LogP) is 0.420. The zero-order valence-corrected chi connectivity index (χ0v) is 11.2. The summed E-state index contributed by atoms with van der Waals surface area (Å²) in [5, 5.41) is 0.448. The topological polar surface area (TPSA) is 75.0 Å². The van der Waals surface area contributed by atoms with Gasteiger partial charge in [-0.25, -0.2) is 4.79 Å². The van der Waals surface area contributed by atoms with Gasteiger partial charge in [0.2, 0.25) is 0 Å². The highest BCUT2D eigenvalue weighted by Gasteiger charge is 2.17. The lowest BCUT2D eigenvalue weighted by molar-refractivity contribution is 0.714. The molecule has 0 aliphatic heterocycles. The standard InChI is InChI=1S/C14H14N4O2/c1-16-10-8-18(15)12(9-6-4-3-5-7-9)11(10)13(19)17(2)14(16)20/h3-8H,15H2,1-2H3. The first-order chi connectivity index (χ1) is 9.52. The highest BCUT2D eigenvalue weighted by atomic mass is 16.2. The molecule has 0 aliphatic rings. The Balaban J connectivity index is 2.56. The molecule has 2 N–H and O–H groups in total. The number of aromatic nitrogens is 3. The molecule has 3 aromatic rings. The summed E-state index contributed by atoms with van der Waals surface area (Å²) >= 11 is 0. The molecule has 2 heterocycles. The van der Waals surface area contributed by atoms with Crippen LogP contribution >= 0.6 is 0 Å². The molecule has 6 heteroatoms. The maximum absolute atomic E-state index is 12.4. The maximum atomic E-state index is 12.4. The fourth-order valence-electron chi connectivity index (χ4n) is 2.45. The second kappa shape index (κ2) is 4.12. The average Bonchev–Trinajstić information content (AvgIpc) is 2.81. The molecule has 0 saturated heterocycles. The van der Waals surface area contributed by atoms with E-state index in [9.17, 15) is 9.59 Å². The average molecular weight is 270 g/mol. The van der Waals surface area contributed by atoms with Crippen LogP contribution in [0.2, 0.25) is 0 Å². The zero-order chi connectivity index (χ0) is 14.4. The van der Waals surface area contributed by atoms with Crippen LogP contribution in [0, 0.1) is 0 Å². The third kappa shape index (κ3) is 1.51. The van der Waals surface area contributed by atoms with E-state index in [1.165, 1.54) is 16.3 Å². The summed E-state index contributed by atoms with van der Waals surface area (Å²) in [6.07, 6.45) is 1.60. The molecule has 102 valence electrons. The number of fused-ring (bicyclic) bond motifs is 1. The van der Waals surface area contributed by atoms with Crippen molar-refractivity contribution in [2.45, 2.75) is 0 Å². The fraction of sp³-hybridized carbons (Fsp3) is 0.143. The molecule has 6 nitrogen and oxygen atoms in total. The number of benzene rings is 1. The van der Waals surface area contributed by atoms with E-state index < -0.39 is 0 Å². The molecule has 0 fully saturated rings. The van der Waals surface area contributed by atoms with Crippen molar-refractivity contribution < 1.29 is 0 Å². The minimum Gasteiger partial charge on any atom is -0.339 e. The van der Waals surface area contributed by atoms with Gasteiger partial charge in [-0.1, -0.05) is 30.3 Å². The third-order valence-corrected chi connectivity index (χ3v) is 3.51. The van der Waals surface area contributed by atoms with Gasteiger partial charge in [0.25, 0.3) is 5.56 Å². The Hall–Kier alpha value is -2.76. The van der Waals surface area contributed by atoms with Crippen LogP contribution in [0.25, 0.3) is 22.2 Å². The van der Waals surface area contributed by atoms with E-state index in [1.54, 1.807) is 13.2 Å². The van der Waals surface area contributed by atoms with Crippen molar-refractivity contribution in [3.63, 3.8) is 0 Å². The van der Waals surface area contributed by atoms with Crippen LogP contribution < -0.4 is 17.1 Å². The zero-order valence-electron chi connectivity index (χ0n) is 11.2. The van der Waals surface area contributed by atoms with Crippen molar-refractivity contribution in [3.05, 3.63) is 57.4 Å². The van der Waals surface area contributed by atoms with Crippen LogP contribution in [0.5, 0.6) is 0 Å². The van der Waals surface area contributed by atoms with E-state index in [4.69, 9.17) is 5.84 Å². The molecule has 2 aromatic heterocycles. The number of nitrogens with zero attached hydrogens (tertiary/aromatic N) is 3. The summed E-state index contributed by atoms with van der Waals surface area (Å²) < 4.78 is 3.90. The van der Waals surface area contributed by atoms with Crippen molar-refractivity contribution in [3.8, 4) is 11.3 Å². The van der Waals surface area contributed by atoms with E-state index in [-0.39, 0.29) is 11.2 Å². The first kappa shape index (κ1) is 12.3. The van der Waals surface area contributed by atoms with Gasteiger partial charge >= 0.3 is 5.69 Å². The Labute approximate surface area is 114 Å². The smallest absolute Gasteiger partial charge is 0.330 e. The van der Waals surface area contributed by atoms with Gasteiger partial charge in [-0.15, -0.1) is 0 Å². The van der Waals surface area contributed by atoms with Crippen LogP contribution in [0.15, 0.2) is 46.1 Å². The molecular weight excluding hydrogens is 256 g/mol. The van der Waals surface area contributed by atoms with Gasteiger partial charge in [0.15, 0.2) is 0 Å². The molecule has 0 unspecified atom stereocenters. The summed E-state index contributed by atoms with van der Waals surface area (Å²) in [5.41, 5.74) is 1.26. The lowest BCUT2D eigenvalue weighted by atomic mass is 10.1. The lowest BCUT2D eigenvalue weighted by Gasteiger charge is -2.05. The summed E-state index contributed by atoms with van der Waals surface area (Å²) in [6.45, 7) is 0. The van der Waals surface area contributed by atoms with Crippen molar-refractivity contribution >= 4 is 10.9 Å². The van der Waals surface area contributed by atoms with Crippen molar-refractivity contribution in [1.29, 1.82) is 0 Å². The molecule has 3 rings (SSSR count). The van der Waals surface area contributed by atoms with Gasteiger partial charge in [0.1, 0.15) is 0 Å². The van der Waals surface area contributed by atoms with Gasteiger partial charge in [-0.2, -0.15) is 0 Å². The Kier molecular flexibility index (Phi) is 2.53. The van der Waals surface area contributed by atoms with Crippen LogP contribution in [-0.2, 0) is 14.1 Å². The SMILES string of the molecule is Cn1c(=O)c2c(-c3ccccc3)n(N)cc2n(C)c1=O. The minimum atomic E-state index is -0.368. The van der Waals surface area contributed by atoms with E-state index >= 15 is 0 Å². The normalized spacial score (nSPS) is 11.1. The Morgan fingerprint density at radius 2 is 1.65 bits per heavy atom. The first-order valence-corrected chi connectivity index (χ1v) is 6.14. The molecule has 0 amide bonds. The quantitative estimate of drug-likeness (QED) is 0.651. The molecule has 0 atom stereocenters. The number of hydrogen-bond acceptors (Lipinski definition) is 3. The summed E-state index contributed by atoms with van der Waals surface area (Å²) in [4.78, 5) is 24.3. The van der Waals surface area contributed by atoms with E-state index in [0.29, 0.717) is 16.6 Å². The molecule has 0 aliphatic carbocycles. The number of nitrogen functional groups attached to an aromatic ring is 1. The Morgan fingerprint density at radius 3 is 2.30 bits per heavy atom. The molecule has 0 bridgehead atoms. The van der Waals surface area contributed by atoms with E-state index in [1.807, 2.05) is 30.3 Å². The van der Waals surface area contributed by atoms with Gasteiger partial charge in [-0.3, -0.25) is 18.6 Å². The maximum Gasteiger partial charge on any atom is 0.330 e. The number of rotatable bonds is 1. The third-order valence-electron chi connectivity index (χ3n) is 3.51. The molecule has 0 spiro atoms. The predicted molar refractivity (Wildman–Crippen MR) is 78.0 cm³/mol. The largest absolute Gasteiger partial charge is 0.339 e. The highest BCUT2D eigenvalue weighted by molar-refractivity contribution is 5.93. The molecule has 1 aromatic carbocycles. The van der Waals surface area contributed by atoms with Gasteiger partial charge in [-0.05, 0) is 0 Å². The van der Waals surface area contributed by atoms with Gasteiger partial charge in [0, 0.05) is 19.7 Å². The monoisotopic (exact) mass is 270 g/mol. The minimum absolute atomic E-state index is 0.342. The Morgan fingerprint density at radius 1 is 1.00 bits per heavy atom. The summed E-state index contributed by atoms with van der Waals surface area (Å²) in [6, 6.07) is 9.40. The van der Waals surface area contributed by atoms with Crippen molar-refractivity contribution in [1.82, 2.24) is 13.8 Å². The van der Waals surface area contributed by atoms with E-state index in [0.717, 1.165) is 10.1 Å². The molecular formula is C14H14N4O2. The number of hydrogen-bond donors (Lipinski definition) is 1. The fourth-order valence-corrected chi connectivity index (χ4v) is 2.45. The van der Waals surface area contributed by atoms with E-state index in [2.05, 4.69) is 0 Å². The second-order valence-electron chi connectivity index (χ2n) is 4.72. The molecule has 0 saturated carbocycles. The highest BCUT2D eigenvalue weighted by Crippen LogP contribution is 2.25. The van der Waals surface area contributed by atoms with Gasteiger partial charge in [0.05, 0.1) is 22.8 Å². The second-order valence-corrected chi connectivity index (χ2v) is 4.72. The van der Waals surface area contributed by atoms with Crippen LogP contribution in [0.1, 0.15) is 0 Å². The van der Waals surface area contributed by atoms with Crippen LogP contribution in [-0.4, -0.2) is 13.8 Å². The van der Waals surface area contributed by atoms with Crippen molar-refractivity contribution in [2.75, 3.05) is 5.84 Å². The lowest BCUT2D eigenvalue weighted by Crippen LogP contribution is -2.36.